The molecule has 32 heavy (non-hydrogen) atoms. The van der Waals surface area contributed by atoms with Gasteiger partial charge in [-0.3, -0.25) is 4.79 Å². The maximum absolute atomic E-state index is 12.8. The molecule has 2 unspecified atom stereocenters. The van der Waals surface area contributed by atoms with Crippen LogP contribution in [-0.2, 0) is 6.61 Å². The van der Waals surface area contributed by atoms with Crippen molar-refractivity contribution in [2.45, 2.75) is 78.0 Å². The zero-order chi connectivity index (χ0) is 22.9. The van der Waals surface area contributed by atoms with E-state index in [-0.39, 0.29) is 24.0 Å². The molecule has 0 saturated heterocycles. The average molecular weight is 459 g/mol. The number of carbonyl (C=O) groups is 2. The van der Waals surface area contributed by atoms with E-state index in [1.165, 1.54) is 11.3 Å². The molecule has 2 atom stereocenters. The molecule has 1 heterocycles. The van der Waals surface area contributed by atoms with Crippen LogP contribution in [-0.4, -0.2) is 35.6 Å². The van der Waals surface area contributed by atoms with Crippen molar-refractivity contribution >= 4 is 23.3 Å². The highest BCUT2D eigenvalue weighted by atomic mass is 32.1. The lowest BCUT2D eigenvalue weighted by Gasteiger charge is -2.32. The molecule has 1 aromatic heterocycles. The summed E-state index contributed by atoms with van der Waals surface area (Å²) in [5, 5.41) is 11.5. The van der Waals surface area contributed by atoms with Gasteiger partial charge in [-0.2, -0.15) is 0 Å². The normalized spacial score (nSPS) is 18.1. The lowest BCUT2D eigenvalue weighted by Crippen LogP contribution is -2.55. The van der Waals surface area contributed by atoms with Crippen LogP contribution in [0.5, 0.6) is 5.75 Å². The van der Waals surface area contributed by atoms with E-state index in [9.17, 15) is 9.59 Å². The minimum Gasteiger partial charge on any atom is -0.486 e. The molecule has 2 aromatic rings. The summed E-state index contributed by atoms with van der Waals surface area (Å²) in [6.45, 7) is 7.15. The summed E-state index contributed by atoms with van der Waals surface area (Å²) in [5.74, 6) is 0.598. The number of ether oxygens (including phenoxy) is 1. The Morgan fingerprint density at radius 1 is 1.09 bits per heavy atom. The molecule has 1 fully saturated rings. The first-order valence-electron chi connectivity index (χ1n) is 11.5. The molecule has 1 aromatic carbocycles. The molecule has 174 valence electrons. The van der Waals surface area contributed by atoms with Gasteiger partial charge < -0.3 is 20.7 Å². The number of urea groups is 1. The second kappa shape index (κ2) is 11.9. The van der Waals surface area contributed by atoms with Gasteiger partial charge in [0, 0.05) is 18.0 Å². The summed E-state index contributed by atoms with van der Waals surface area (Å²) >= 11 is 1.41. The number of aryl methyl sites for hydroxylation is 2. The Morgan fingerprint density at radius 3 is 2.47 bits per heavy atom. The highest BCUT2D eigenvalue weighted by Crippen LogP contribution is 2.21. The average Bonchev–Trinajstić information content (AvgIpc) is 3.22. The molecule has 3 amide bonds. The Balaban J connectivity index is 1.52. The van der Waals surface area contributed by atoms with Crippen molar-refractivity contribution in [2.24, 2.45) is 0 Å². The summed E-state index contributed by atoms with van der Waals surface area (Å²) in [4.78, 5) is 29.4. The number of unbranched alkanes of at least 4 members (excludes halogenated alkanes) is 1. The van der Waals surface area contributed by atoms with Crippen LogP contribution in [0.25, 0.3) is 0 Å². The SMILES string of the molecule is CCCCNC(=O)NC1CCCCC1NC(=O)c1csc(COc2cc(C)cc(C)c2)n1. The van der Waals surface area contributed by atoms with E-state index in [0.717, 1.165) is 60.4 Å². The molecule has 0 radical (unpaired) electrons. The lowest BCUT2D eigenvalue weighted by molar-refractivity contribution is 0.0911. The predicted molar refractivity (Wildman–Crippen MR) is 127 cm³/mol. The zero-order valence-corrected chi connectivity index (χ0v) is 20.0. The van der Waals surface area contributed by atoms with E-state index in [1.54, 1.807) is 5.38 Å². The fourth-order valence-electron chi connectivity index (χ4n) is 3.96. The van der Waals surface area contributed by atoms with Crippen LogP contribution < -0.4 is 20.7 Å². The molecule has 3 rings (SSSR count). The Kier molecular flexibility index (Phi) is 8.90. The first-order valence-corrected chi connectivity index (χ1v) is 12.3. The molecule has 0 spiro atoms. The molecule has 1 aliphatic rings. The number of rotatable bonds is 9. The highest BCUT2D eigenvalue weighted by Gasteiger charge is 2.28. The van der Waals surface area contributed by atoms with E-state index in [1.807, 2.05) is 26.0 Å². The second-order valence-corrected chi connectivity index (χ2v) is 9.41. The van der Waals surface area contributed by atoms with E-state index in [0.29, 0.717) is 18.8 Å². The summed E-state index contributed by atoms with van der Waals surface area (Å²) in [6.07, 6.45) is 5.78. The van der Waals surface area contributed by atoms with Gasteiger partial charge in [0.15, 0.2) is 0 Å². The van der Waals surface area contributed by atoms with Gasteiger partial charge in [-0.25, -0.2) is 9.78 Å². The molecule has 3 N–H and O–H groups in total. The van der Waals surface area contributed by atoms with Crippen LogP contribution in [0.4, 0.5) is 4.79 Å². The third-order valence-corrected chi connectivity index (χ3v) is 6.38. The number of hydrogen-bond acceptors (Lipinski definition) is 5. The Labute approximate surface area is 194 Å². The van der Waals surface area contributed by atoms with Gasteiger partial charge in [0.25, 0.3) is 5.91 Å². The molecule has 0 bridgehead atoms. The number of benzene rings is 1. The number of aromatic nitrogens is 1. The molecular weight excluding hydrogens is 424 g/mol. The molecule has 0 aliphatic heterocycles. The summed E-state index contributed by atoms with van der Waals surface area (Å²) in [6, 6.07) is 5.75. The van der Waals surface area contributed by atoms with Crippen molar-refractivity contribution in [1.82, 2.24) is 20.9 Å². The first-order chi connectivity index (χ1) is 15.4. The number of amides is 3. The van der Waals surface area contributed by atoms with Crippen LogP contribution in [0.2, 0.25) is 0 Å². The third-order valence-electron chi connectivity index (χ3n) is 5.56. The van der Waals surface area contributed by atoms with Gasteiger partial charge in [-0.15, -0.1) is 11.3 Å². The van der Waals surface area contributed by atoms with Crippen LogP contribution in [0, 0.1) is 13.8 Å². The monoisotopic (exact) mass is 458 g/mol. The molecule has 8 heteroatoms. The topological polar surface area (TPSA) is 92.4 Å². The number of hydrogen-bond donors (Lipinski definition) is 3. The second-order valence-electron chi connectivity index (χ2n) is 8.46. The number of nitrogens with zero attached hydrogens (tertiary/aromatic N) is 1. The van der Waals surface area contributed by atoms with E-state index in [4.69, 9.17) is 4.74 Å². The van der Waals surface area contributed by atoms with E-state index < -0.39 is 0 Å². The number of nitrogens with one attached hydrogen (secondary N) is 3. The standard InChI is InChI=1S/C24H34N4O3S/c1-4-5-10-25-24(30)28-20-9-7-6-8-19(20)27-23(29)21-15-32-22(26-21)14-31-18-12-16(2)11-17(3)13-18/h11-13,15,19-20H,4-10,14H2,1-3H3,(H,27,29)(H2,25,28,30). The summed E-state index contributed by atoms with van der Waals surface area (Å²) in [5.41, 5.74) is 2.69. The van der Waals surface area contributed by atoms with Crippen molar-refractivity contribution in [3.05, 3.63) is 45.4 Å². The quantitative estimate of drug-likeness (QED) is 0.483. The van der Waals surface area contributed by atoms with Crippen molar-refractivity contribution in [2.75, 3.05) is 6.54 Å². The molecule has 1 aliphatic carbocycles. The lowest BCUT2D eigenvalue weighted by atomic mass is 9.90. The Bertz CT molecular complexity index is 894. The molecular formula is C24H34N4O3S. The Morgan fingerprint density at radius 2 is 1.78 bits per heavy atom. The predicted octanol–water partition coefficient (Wildman–Crippen LogP) is 4.48. The van der Waals surface area contributed by atoms with Gasteiger partial charge in [0.1, 0.15) is 23.1 Å². The van der Waals surface area contributed by atoms with Gasteiger partial charge in [0.2, 0.25) is 0 Å². The summed E-state index contributed by atoms with van der Waals surface area (Å²) in [7, 11) is 0. The van der Waals surface area contributed by atoms with Crippen LogP contribution in [0.15, 0.2) is 23.6 Å². The van der Waals surface area contributed by atoms with E-state index >= 15 is 0 Å². The number of thiazole rings is 1. The summed E-state index contributed by atoms with van der Waals surface area (Å²) < 4.78 is 5.86. The fourth-order valence-corrected chi connectivity index (χ4v) is 4.65. The van der Waals surface area contributed by atoms with Crippen LogP contribution in [0.3, 0.4) is 0 Å². The van der Waals surface area contributed by atoms with Crippen molar-refractivity contribution in [3.8, 4) is 5.75 Å². The van der Waals surface area contributed by atoms with E-state index in [2.05, 4.69) is 33.9 Å². The van der Waals surface area contributed by atoms with Gasteiger partial charge in [-0.1, -0.05) is 32.3 Å². The fraction of sp³-hybridized carbons (Fsp3) is 0.542. The van der Waals surface area contributed by atoms with Gasteiger partial charge in [0.05, 0.1) is 6.04 Å². The highest BCUT2D eigenvalue weighted by molar-refractivity contribution is 7.09. The van der Waals surface area contributed by atoms with Gasteiger partial charge in [-0.05, 0) is 56.4 Å². The van der Waals surface area contributed by atoms with Crippen molar-refractivity contribution in [1.29, 1.82) is 0 Å². The van der Waals surface area contributed by atoms with Crippen molar-refractivity contribution in [3.63, 3.8) is 0 Å². The molecule has 1 saturated carbocycles. The third kappa shape index (κ3) is 7.22. The smallest absolute Gasteiger partial charge is 0.315 e. The first kappa shape index (κ1) is 24.0. The minimum absolute atomic E-state index is 0.0691. The molecule has 7 nitrogen and oxygen atoms in total. The zero-order valence-electron chi connectivity index (χ0n) is 19.2. The Hall–Kier alpha value is -2.61. The van der Waals surface area contributed by atoms with Crippen LogP contribution in [0.1, 0.15) is 72.1 Å². The minimum atomic E-state index is -0.205. The van der Waals surface area contributed by atoms with Gasteiger partial charge >= 0.3 is 6.03 Å². The maximum atomic E-state index is 12.8. The maximum Gasteiger partial charge on any atom is 0.315 e. The largest absolute Gasteiger partial charge is 0.486 e. The van der Waals surface area contributed by atoms with Crippen molar-refractivity contribution < 1.29 is 14.3 Å². The van der Waals surface area contributed by atoms with Crippen LogP contribution >= 0.6 is 11.3 Å². The number of carbonyl (C=O) groups excluding carboxylic acids is 2.